The molecule has 1 saturated heterocycles. The average Bonchev–Trinajstić information content (AvgIpc) is 2.70. The predicted octanol–water partition coefficient (Wildman–Crippen LogP) is 0.00960. The Hall–Kier alpha value is -1.05. The first-order valence-electron chi connectivity index (χ1n) is 5.23. The van der Waals surface area contributed by atoms with E-state index >= 15 is 0 Å². The molecule has 1 heterocycles. The van der Waals surface area contributed by atoms with Gasteiger partial charge in [-0.3, -0.25) is 4.90 Å². The Balaban J connectivity index is 2.21. The molecule has 4 heteroatoms. The molecule has 84 valence electrons. The summed E-state index contributed by atoms with van der Waals surface area (Å²) < 4.78 is 4.78. The fraction of sp³-hybridized carbons (Fsp3) is 0.727. The minimum Gasteiger partial charge on any atom is -0.448 e. The van der Waals surface area contributed by atoms with E-state index in [0.717, 1.165) is 19.6 Å². The fourth-order valence-electron chi connectivity index (χ4n) is 1.51. The summed E-state index contributed by atoms with van der Waals surface area (Å²) in [5, 5.41) is 8.45. The molecule has 0 saturated carbocycles. The van der Waals surface area contributed by atoms with E-state index in [4.69, 9.17) is 9.84 Å². The molecule has 1 unspecified atom stereocenters. The number of hydrogen-bond donors (Lipinski definition) is 1. The lowest BCUT2D eigenvalue weighted by Crippen LogP contribution is -2.20. The van der Waals surface area contributed by atoms with Crippen LogP contribution in [0, 0.1) is 11.8 Å². The molecule has 1 rings (SSSR count). The van der Waals surface area contributed by atoms with E-state index in [1.807, 2.05) is 0 Å². The van der Waals surface area contributed by atoms with Gasteiger partial charge in [-0.2, -0.15) is 0 Å². The van der Waals surface area contributed by atoms with Crippen LogP contribution in [-0.4, -0.2) is 48.3 Å². The van der Waals surface area contributed by atoms with Crippen LogP contribution in [0.5, 0.6) is 0 Å². The number of aliphatic hydroxyl groups is 1. The number of carbonyl (C=O) groups excluding carboxylic acids is 1. The van der Waals surface area contributed by atoms with Gasteiger partial charge in [-0.05, 0) is 32.9 Å². The summed E-state index contributed by atoms with van der Waals surface area (Å²) >= 11 is 0. The molecule has 0 aromatic rings. The summed E-state index contributed by atoms with van der Waals surface area (Å²) in [7, 11) is 0. The van der Waals surface area contributed by atoms with E-state index in [9.17, 15) is 4.79 Å². The Morgan fingerprint density at radius 3 is 2.80 bits per heavy atom. The first-order chi connectivity index (χ1) is 7.22. The summed E-state index contributed by atoms with van der Waals surface area (Å²) in [5.74, 6) is 5.18. The third kappa shape index (κ3) is 4.82. The number of carbonyl (C=O) groups is 1. The third-order valence-electron chi connectivity index (χ3n) is 2.24. The average molecular weight is 211 g/mol. The quantitative estimate of drug-likeness (QED) is 0.528. The Morgan fingerprint density at radius 2 is 2.20 bits per heavy atom. The van der Waals surface area contributed by atoms with Gasteiger partial charge in [-0.15, -0.1) is 0 Å². The second-order valence-corrected chi connectivity index (χ2v) is 3.59. The zero-order chi connectivity index (χ0) is 11.1. The van der Waals surface area contributed by atoms with Gasteiger partial charge < -0.3 is 9.84 Å². The monoisotopic (exact) mass is 211 g/mol. The SMILES string of the molecule is CC(C#CCN1CCCC1)OC(=O)CO. The molecule has 0 aromatic heterocycles. The summed E-state index contributed by atoms with van der Waals surface area (Å²) in [6.07, 6.45) is 2.06. The lowest BCUT2D eigenvalue weighted by Gasteiger charge is -2.09. The van der Waals surface area contributed by atoms with Gasteiger partial charge in [0.15, 0.2) is 6.10 Å². The number of rotatable bonds is 3. The second-order valence-electron chi connectivity index (χ2n) is 3.59. The normalized spacial score (nSPS) is 18.0. The van der Waals surface area contributed by atoms with Crippen molar-refractivity contribution in [3.63, 3.8) is 0 Å². The zero-order valence-corrected chi connectivity index (χ0v) is 9.03. The zero-order valence-electron chi connectivity index (χ0n) is 9.03. The Morgan fingerprint density at radius 1 is 1.53 bits per heavy atom. The van der Waals surface area contributed by atoms with Crippen molar-refractivity contribution < 1.29 is 14.6 Å². The minimum atomic E-state index is -0.627. The highest BCUT2D eigenvalue weighted by Gasteiger charge is 2.09. The molecule has 15 heavy (non-hydrogen) atoms. The van der Waals surface area contributed by atoms with Crippen molar-refractivity contribution in [3.05, 3.63) is 0 Å². The van der Waals surface area contributed by atoms with Crippen molar-refractivity contribution in [2.75, 3.05) is 26.2 Å². The molecule has 1 N–H and O–H groups in total. The number of hydrogen-bond acceptors (Lipinski definition) is 4. The van der Waals surface area contributed by atoms with Crippen LogP contribution < -0.4 is 0 Å². The maximum absolute atomic E-state index is 10.7. The molecule has 1 fully saturated rings. The first kappa shape index (κ1) is 12.0. The molecular weight excluding hydrogens is 194 g/mol. The van der Waals surface area contributed by atoms with Gasteiger partial charge >= 0.3 is 5.97 Å². The van der Waals surface area contributed by atoms with Crippen LogP contribution in [-0.2, 0) is 9.53 Å². The van der Waals surface area contributed by atoms with Gasteiger partial charge in [-0.1, -0.05) is 11.8 Å². The largest absolute Gasteiger partial charge is 0.448 e. The molecule has 0 radical (unpaired) electrons. The van der Waals surface area contributed by atoms with Gasteiger partial charge in [-0.25, -0.2) is 4.79 Å². The standard InChI is InChI=1S/C11H17NO3/c1-10(15-11(14)9-13)5-4-8-12-6-2-3-7-12/h10,13H,2-3,6-9H2,1H3. The van der Waals surface area contributed by atoms with Crippen LogP contribution in [0.1, 0.15) is 19.8 Å². The number of likely N-dealkylation sites (tertiary alicyclic amines) is 1. The van der Waals surface area contributed by atoms with E-state index < -0.39 is 18.7 Å². The van der Waals surface area contributed by atoms with Gasteiger partial charge in [0.05, 0.1) is 6.54 Å². The van der Waals surface area contributed by atoms with Crippen molar-refractivity contribution in [3.8, 4) is 11.8 Å². The molecule has 1 aliphatic heterocycles. The smallest absolute Gasteiger partial charge is 0.333 e. The molecule has 1 aliphatic rings. The Labute approximate surface area is 90.2 Å². The van der Waals surface area contributed by atoms with Crippen molar-refractivity contribution in [2.24, 2.45) is 0 Å². The number of esters is 1. The van der Waals surface area contributed by atoms with Gasteiger partial charge in [0, 0.05) is 0 Å². The van der Waals surface area contributed by atoms with E-state index in [-0.39, 0.29) is 0 Å². The number of ether oxygens (including phenoxy) is 1. The highest BCUT2D eigenvalue weighted by Crippen LogP contribution is 2.05. The van der Waals surface area contributed by atoms with E-state index in [2.05, 4.69) is 16.7 Å². The fourth-order valence-corrected chi connectivity index (χ4v) is 1.51. The van der Waals surface area contributed by atoms with Crippen molar-refractivity contribution in [1.29, 1.82) is 0 Å². The first-order valence-corrected chi connectivity index (χ1v) is 5.23. The number of nitrogens with zero attached hydrogens (tertiary/aromatic N) is 1. The Kier molecular flexibility index (Phi) is 5.16. The van der Waals surface area contributed by atoms with Gasteiger partial charge in [0.25, 0.3) is 0 Å². The lowest BCUT2D eigenvalue weighted by atomic mass is 10.4. The minimum absolute atomic E-state index is 0.438. The van der Waals surface area contributed by atoms with Gasteiger partial charge in [0.2, 0.25) is 0 Å². The van der Waals surface area contributed by atoms with Crippen molar-refractivity contribution >= 4 is 5.97 Å². The Bertz CT molecular complexity index is 261. The maximum Gasteiger partial charge on any atom is 0.333 e. The lowest BCUT2D eigenvalue weighted by molar-refractivity contribution is -0.149. The summed E-state index contributed by atoms with van der Waals surface area (Å²) in [4.78, 5) is 13.0. The van der Waals surface area contributed by atoms with Gasteiger partial charge in [0.1, 0.15) is 6.61 Å². The van der Waals surface area contributed by atoms with Crippen LogP contribution in [0.3, 0.4) is 0 Å². The van der Waals surface area contributed by atoms with Crippen LogP contribution >= 0.6 is 0 Å². The van der Waals surface area contributed by atoms with Crippen LogP contribution in [0.2, 0.25) is 0 Å². The molecule has 1 atom stereocenters. The van der Waals surface area contributed by atoms with E-state index in [0.29, 0.717) is 0 Å². The second kappa shape index (κ2) is 6.44. The van der Waals surface area contributed by atoms with Crippen LogP contribution in [0.15, 0.2) is 0 Å². The molecule has 0 aromatic carbocycles. The highest BCUT2D eigenvalue weighted by atomic mass is 16.6. The van der Waals surface area contributed by atoms with Crippen molar-refractivity contribution in [1.82, 2.24) is 4.90 Å². The molecule has 0 aliphatic carbocycles. The maximum atomic E-state index is 10.7. The summed E-state index contributed by atoms with van der Waals surface area (Å²) in [6, 6.07) is 0. The summed E-state index contributed by atoms with van der Waals surface area (Å²) in [5.41, 5.74) is 0. The van der Waals surface area contributed by atoms with E-state index in [1.165, 1.54) is 12.8 Å². The highest BCUT2D eigenvalue weighted by molar-refractivity contribution is 5.70. The topological polar surface area (TPSA) is 49.8 Å². The summed E-state index contributed by atoms with van der Waals surface area (Å²) in [6.45, 7) is 4.07. The molecule has 0 amide bonds. The third-order valence-corrected chi connectivity index (χ3v) is 2.24. The van der Waals surface area contributed by atoms with Crippen molar-refractivity contribution in [2.45, 2.75) is 25.9 Å². The van der Waals surface area contributed by atoms with Crippen LogP contribution in [0.4, 0.5) is 0 Å². The van der Waals surface area contributed by atoms with E-state index in [1.54, 1.807) is 6.92 Å². The molecular formula is C11H17NO3. The molecule has 0 bridgehead atoms. The molecule has 0 spiro atoms. The predicted molar refractivity (Wildman–Crippen MR) is 56.1 cm³/mol. The number of aliphatic hydroxyl groups excluding tert-OH is 1. The van der Waals surface area contributed by atoms with Crippen LogP contribution in [0.25, 0.3) is 0 Å². The molecule has 4 nitrogen and oxygen atoms in total.